The molecule has 0 aromatic heterocycles. The van der Waals surface area contributed by atoms with Gasteiger partial charge in [0.15, 0.2) is 11.5 Å². The van der Waals surface area contributed by atoms with Gasteiger partial charge in [-0.2, -0.15) is 5.26 Å². The van der Waals surface area contributed by atoms with Gasteiger partial charge in [-0.1, -0.05) is 18.2 Å². The van der Waals surface area contributed by atoms with Gasteiger partial charge in [0.25, 0.3) is 0 Å². The molecule has 2 rings (SSSR count). The number of nitrogens with one attached hydrogen (secondary N) is 1. The minimum Gasteiger partial charge on any atom is -0.504 e. The van der Waals surface area contributed by atoms with E-state index in [1.165, 1.54) is 7.11 Å². The van der Waals surface area contributed by atoms with Gasteiger partial charge in [0.1, 0.15) is 0 Å². The Kier molecular flexibility index (Phi) is 4.81. The summed E-state index contributed by atoms with van der Waals surface area (Å²) in [4.78, 5) is 0. The molecule has 0 radical (unpaired) electrons. The summed E-state index contributed by atoms with van der Waals surface area (Å²) in [5.41, 5.74) is 2.76. The molecule has 108 valence electrons. The quantitative estimate of drug-likeness (QED) is 0.884. The Hall–Kier alpha value is -2.51. The summed E-state index contributed by atoms with van der Waals surface area (Å²) in [6.07, 6.45) is 0. The van der Waals surface area contributed by atoms with Crippen molar-refractivity contribution in [2.45, 2.75) is 19.5 Å². The third kappa shape index (κ3) is 3.74. The van der Waals surface area contributed by atoms with Crippen molar-refractivity contribution in [3.8, 4) is 17.6 Å². The van der Waals surface area contributed by atoms with Crippen LogP contribution in [0.2, 0.25) is 0 Å². The van der Waals surface area contributed by atoms with Crippen molar-refractivity contribution >= 4 is 0 Å². The van der Waals surface area contributed by atoms with Crippen molar-refractivity contribution in [1.29, 1.82) is 5.26 Å². The predicted molar refractivity (Wildman–Crippen MR) is 81.1 cm³/mol. The second-order valence-electron chi connectivity index (χ2n) is 4.84. The molecule has 1 unspecified atom stereocenters. The number of nitriles is 1. The Morgan fingerprint density at radius 2 is 1.95 bits per heavy atom. The molecule has 0 bridgehead atoms. The van der Waals surface area contributed by atoms with Gasteiger partial charge >= 0.3 is 0 Å². The second kappa shape index (κ2) is 6.78. The highest BCUT2D eigenvalue weighted by Crippen LogP contribution is 2.26. The van der Waals surface area contributed by atoms with E-state index in [9.17, 15) is 5.11 Å². The number of benzene rings is 2. The number of ether oxygens (including phenoxy) is 1. The van der Waals surface area contributed by atoms with E-state index >= 15 is 0 Å². The van der Waals surface area contributed by atoms with Gasteiger partial charge in [0.2, 0.25) is 0 Å². The largest absolute Gasteiger partial charge is 0.504 e. The van der Waals surface area contributed by atoms with Crippen LogP contribution in [0, 0.1) is 11.3 Å². The highest BCUT2D eigenvalue weighted by molar-refractivity contribution is 5.41. The summed E-state index contributed by atoms with van der Waals surface area (Å²) in [6, 6.07) is 15.1. The van der Waals surface area contributed by atoms with Gasteiger partial charge in [-0.05, 0) is 42.3 Å². The van der Waals surface area contributed by atoms with Crippen molar-refractivity contribution in [3.63, 3.8) is 0 Å². The van der Waals surface area contributed by atoms with Crippen molar-refractivity contribution in [1.82, 2.24) is 5.32 Å². The van der Waals surface area contributed by atoms with Gasteiger partial charge in [-0.3, -0.25) is 0 Å². The summed E-state index contributed by atoms with van der Waals surface area (Å²) < 4.78 is 5.02. The first kappa shape index (κ1) is 14.9. The van der Waals surface area contributed by atoms with Crippen LogP contribution in [0.15, 0.2) is 42.5 Å². The highest BCUT2D eigenvalue weighted by atomic mass is 16.5. The molecule has 1 atom stereocenters. The average Bonchev–Trinajstić information content (AvgIpc) is 2.52. The Balaban J connectivity index is 1.98. The molecule has 0 saturated heterocycles. The normalized spacial score (nSPS) is 11.7. The zero-order chi connectivity index (χ0) is 15.2. The van der Waals surface area contributed by atoms with E-state index in [0.29, 0.717) is 17.9 Å². The van der Waals surface area contributed by atoms with Gasteiger partial charge in [-0.15, -0.1) is 0 Å². The average molecular weight is 282 g/mol. The van der Waals surface area contributed by atoms with Crippen LogP contribution in [0.3, 0.4) is 0 Å². The van der Waals surface area contributed by atoms with Crippen molar-refractivity contribution in [3.05, 3.63) is 59.2 Å². The van der Waals surface area contributed by atoms with E-state index in [1.54, 1.807) is 12.1 Å². The fourth-order valence-corrected chi connectivity index (χ4v) is 2.08. The fourth-order valence-electron chi connectivity index (χ4n) is 2.08. The summed E-state index contributed by atoms with van der Waals surface area (Å²) in [6.45, 7) is 2.70. The lowest BCUT2D eigenvalue weighted by Gasteiger charge is -2.15. The number of nitrogens with zero attached hydrogens (tertiary/aromatic N) is 1. The minimum absolute atomic E-state index is 0.142. The number of hydrogen-bond donors (Lipinski definition) is 2. The lowest BCUT2D eigenvalue weighted by molar-refractivity contribution is 0.373. The molecule has 4 heteroatoms. The first-order valence-electron chi connectivity index (χ1n) is 6.73. The van der Waals surface area contributed by atoms with Crippen LogP contribution >= 0.6 is 0 Å². The van der Waals surface area contributed by atoms with Crippen LogP contribution in [0.1, 0.15) is 29.7 Å². The maximum Gasteiger partial charge on any atom is 0.160 e. The molecule has 0 saturated carbocycles. The summed E-state index contributed by atoms with van der Waals surface area (Å²) >= 11 is 0. The van der Waals surface area contributed by atoms with E-state index < -0.39 is 0 Å². The highest BCUT2D eigenvalue weighted by Gasteiger charge is 2.07. The van der Waals surface area contributed by atoms with Crippen LogP contribution in [0.4, 0.5) is 0 Å². The fraction of sp³-hybridized carbons (Fsp3) is 0.235. The third-order valence-electron chi connectivity index (χ3n) is 3.40. The predicted octanol–water partition coefficient (Wildman–Crippen LogP) is 3.12. The maximum atomic E-state index is 9.75. The van der Waals surface area contributed by atoms with E-state index in [-0.39, 0.29) is 11.8 Å². The molecule has 2 N–H and O–H groups in total. The molecule has 0 amide bonds. The van der Waals surface area contributed by atoms with Crippen molar-refractivity contribution in [2.75, 3.05) is 7.11 Å². The number of rotatable bonds is 5. The SMILES string of the molecule is COc1ccc(CNC(C)c2ccc(C#N)cc2)cc1O. The smallest absolute Gasteiger partial charge is 0.160 e. The number of methoxy groups -OCH3 is 1. The van der Waals surface area contributed by atoms with Gasteiger partial charge < -0.3 is 15.2 Å². The Morgan fingerprint density at radius 1 is 1.24 bits per heavy atom. The van der Waals surface area contributed by atoms with Crippen LogP contribution < -0.4 is 10.1 Å². The third-order valence-corrected chi connectivity index (χ3v) is 3.40. The molecular weight excluding hydrogens is 264 g/mol. The van der Waals surface area contributed by atoms with Crippen molar-refractivity contribution in [2.24, 2.45) is 0 Å². The van der Waals surface area contributed by atoms with E-state index in [0.717, 1.165) is 11.1 Å². The summed E-state index contributed by atoms with van der Waals surface area (Å²) in [5.74, 6) is 0.613. The summed E-state index contributed by atoms with van der Waals surface area (Å²) in [5, 5.41) is 21.9. The Labute approximate surface area is 124 Å². The van der Waals surface area contributed by atoms with Crippen molar-refractivity contribution < 1.29 is 9.84 Å². The van der Waals surface area contributed by atoms with Crippen LogP contribution in [-0.4, -0.2) is 12.2 Å². The second-order valence-corrected chi connectivity index (χ2v) is 4.84. The molecule has 0 heterocycles. The van der Waals surface area contributed by atoms with Crippen LogP contribution in [0.5, 0.6) is 11.5 Å². The maximum absolute atomic E-state index is 9.75. The van der Waals surface area contributed by atoms with Gasteiger partial charge in [-0.25, -0.2) is 0 Å². The molecule has 4 nitrogen and oxygen atoms in total. The lowest BCUT2D eigenvalue weighted by atomic mass is 10.1. The minimum atomic E-state index is 0.142. The number of aromatic hydroxyl groups is 1. The molecule has 0 fully saturated rings. The number of hydrogen-bond acceptors (Lipinski definition) is 4. The zero-order valence-corrected chi connectivity index (χ0v) is 12.1. The molecule has 2 aromatic carbocycles. The summed E-state index contributed by atoms with van der Waals surface area (Å²) in [7, 11) is 1.53. The van der Waals surface area contributed by atoms with E-state index in [4.69, 9.17) is 10.00 Å². The van der Waals surface area contributed by atoms with E-state index in [1.807, 2.05) is 30.3 Å². The first-order valence-corrected chi connectivity index (χ1v) is 6.73. The van der Waals surface area contributed by atoms with E-state index in [2.05, 4.69) is 18.3 Å². The molecule has 0 spiro atoms. The monoisotopic (exact) mass is 282 g/mol. The molecule has 0 aliphatic carbocycles. The van der Waals surface area contributed by atoms with Crippen LogP contribution in [-0.2, 0) is 6.54 Å². The molecule has 21 heavy (non-hydrogen) atoms. The molecule has 2 aromatic rings. The number of phenolic OH excluding ortho intramolecular Hbond substituents is 1. The molecular formula is C17H18N2O2. The molecule has 0 aliphatic heterocycles. The van der Waals surface area contributed by atoms with Gasteiger partial charge in [0, 0.05) is 12.6 Å². The standard InChI is InChI=1S/C17H18N2O2/c1-12(15-6-3-13(10-18)4-7-15)19-11-14-5-8-17(21-2)16(20)9-14/h3-9,12,19-20H,11H2,1-2H3. The Morgan fingerprint density at radius 3 is 2.52 bits per heavy atom. The van der Waals surface area contributed by atoms with Crippen LogP contribution in [0.25, 0.3) is 0 Å². The topological polar surface area (TPSA) is 65.3 Å². The lowest BCUT2D eigenvalue weighted by Crippen LogP contribution is -2.18. The molecule has 0 aliphatic rings. The first-order chi connectivity index (χ1) is 10.1. The Bertz CT molecular complexity index is 645. The number of phenols is 1. The van der Waals surface area contributed by atoms with Gasteiger partial charge in [0.05, 0.1) is 18.7 Å². The zero-order valence-electron chi connectivity index (χ0n) is 12.1.